The van der Waals surface area contributed by atoms with Crippen molar-refractivity contribution >= 4 is 17.2 Å². The zero-order valence-electron chi connectivity index (χ0n) is 8.56. The molecule has 1 amide bonds. The number of amides is 1. The smallest absolute Gasteiger partial charge is 0.228 e. The van der Waals surface area contributed by atoms with Gasteiger partial charge in [-0.05, 0) is 11.4 Å². The van der Waals surface area contributed by atoms with Crippen LogP contribution in [-0.4, -0.2) is 35.6 Å². The van der Waals surface area contributed by atoms with E-state index in [2.05, 4.69) is 6.58 Å². The van der Waals surface area contributed by atoms with Gasteiger partial charge in [-0.3, -0.25) is 4.79 Å². The van der Waals surface area contributed by atoms with Gasteiger partial charge in [0, 0.05) is 18.0 Å². The van der Waals surface area contributed by atoms with Gasteiger partial charge in [0.25, 0.3) is 0 Å². The van der Waals surface area contributed by atoms with Gasteiger partial charge in [0.2, 0.25) is 5.91 Å². The van der Waals surface area contributed by atoms with Crippen LogP contribution in [0.25, 0.3) is 0 Å². The predicted octanol–water partition coefficient (Wildman–Crippen LogP) is 1.30. The van der Waals surface area contributed by atoms with Crippen LogP contribution in [0, 0.1) is 0 Å². The second-order valence-corrected chi connectivity index (χ2v) is 4.14. The summed E-state index contributed by atoms with van der Waals surface area (Å²) in [4.78, 5) is 14.4. The largest absolute Gasteiger partial charge is 0.395 e. The molecular weight excluding hydrogens is 210 g/mol. The maximum atomic E-state index is 11.8. The molecule has 1 N–H and O–H groups in total. The first-order valence-electron chi connectivity index (χ1n) is 4.80. The number of carbonyl (C=O) groups is 1. The maximum absolute atomic E-state index is 11.8. The topological polar surface area (TPSA) is 40.5 Å². The van der Waals surface area contributed by atoms with Crippen LogP contribution in [0.2, 0.25) is 0 Å². The van der Waals surface area contributed by atoms with Crippen LogP contribution < -0.4 is 0 Å². The number of aliphatic hydroxyl groups excluding tert-OH is 1. The first kappa shape index (κ1) is 11.9. The van der Waals surface area contributed by atoms with Gasteiger partial charge in [-0.1, -0.05) is 12.1 Å². The zero-order valence-corrected chi connectivity index (χ0v) is 9.37. The summed E-state index contributed by atoms with van der Waals surface area (Å²) in [6, 6.07) is 3.87. The average molecular weight is 225 g/mol. The van der Waals surface area contributed by atoms with Crippen LogP contribution in [0.5, 0.6) is 0 Å². The van der Waals surface area contributed by atoms with Gasteiger partial charge in [0.15, 0.2) is 0 Å². The summed E-state index contributed by atoms with van der Waals surface area (Å²) in [6.07, 6.45) is 2.08. The molecule has 0 aliphatic heterocycles. The lowest BCUT2D eigenvalue weighted by Gasteiger charge is -2.19. The van der Waals surface area contributed by atoms with Crippen LogP contribution in [0.1, 0.15) is 4.88 Å². The molecule has 0 bridgehead atoms. The number of hydrogen-bond donors (Lipinski definition) is 1. The normalized spacial score (nSPS) is 9.93. The predicted molar refractivity (Wildman–Crippen MR) is 61.9 cm³/mol. The molecule has 0 unspecified atom stereocenters. The molecule has 15 heavy (non-hydrogen) atoms. The fourth-order valence-corrected chi connectivity index (χ4v) is 1.96. The highest BCUT2D eigenvalue weighted by Gasteiger charge is 2.12. The third-order valence-electron chi connectivity index (χ3n) is 1.98. The standard InChI is InChI=1S/C11H15NO2S/c1-2-5-12(6-7-13)11(14)9-10-4-3-8-15-10/h2-4,8,13H,1,5-7,9H2. The van der Waals surface area contributed by atoms with Crippen molar-refractivity contribution in [3.05, 3.63) is 35.0 Å². The van der Waals surface area contributed by atoms with E-state index in [1.165, 1.54) is 0 Å². The van der Waals surface area contributed by atoms with E-state index < -0.39 is 0 Å². The number of rotatable bonds is 6. The van der Waals surface area contributed by atoms with Crippen LogP contribution in [-0.2, 0) is 11.2 Å². The Morgan fingerprint density at radius 3 is 3.00 bits per heavy atom. The van der Waals surface area contributed by atoms with Crippen LogP contribution in [0.3, 0.4) is 0 Å². The van der Waals surface area contributed by atoms with Gasteiger partial charge in [-0.25, -0.2) is 0 Å². The van der Waals surface area contributed by atoms with E-state index in [0.717, 1.165) is 4.88 Å². The minimum Gasteiger partial charge on any atom is -0.395 e. The van der Waals surface area contributed by atoms with E-state index in [-0.39, 0.29) is 12.5 Å². The quantitative estimate of drug-likeness (QED) is 0.741. The number of aliphatic hydroxyl groups is 1. The van der Waals surface area contributed by atoms with E-state index in [1.807, 2.05) is 17.5 Å². The Balaban J connectivity index is 2.52. The molecule has 1 aromatic heterocycles. The second kappa shape index (κ2) is 6.37. The Bertz CT molecular complexity index is 308. The van der Waals surface area contributed by atoms with Crippen molar-refractivity contribution in [2.45, 2.75) is 6.42 Å². The number of hydrogen-bond acceptors (Lipinski definition) is 3. The highest BCUT2D eigenvalue weighted by molar-refractivity contribution is 7.10. The summed E-state index contributed by atoms with van der Waals surface area (Å²) in [6.45, 7) is 4.44. The summed E-state index contributed by atoms with van der Waals surface area (Å²) in [5, 5.41) is 10.8. The fourth-order valence-electron chi connectivity index (χ4n) is 1.27. The van der Waals surface area contributed by atoms with Crippen LogP contribution in [0.4, 0.5) is 0 Å². The number of thiophene rings is 1. The molecule has 3 nitrogen and oxygen atoms in total. The highest BCUT2D eigenvalue weighted by atomic mass is 32.1. The van der Waals surface area contributed by atoms with Gasteiger partial charge in [0.05, 0.1) is 13.0 Å². The van der Waals surface area contributed by atoms with Gasteiger partial charge < -0.3 is 10.0 Å². The molecule has 82 valence electrons. The lowest BCUT2D eigenvalue weighted by atomic mass is 10.3. The minimum atomic E-state index is -0.00990. The second-order valence-electron chi connectivity index (χ2n) is 3.11. The van der Waals surface area contributed by atoms with E-state index in [4.69, 9.17) is 5.11 Å². The van der Waals surface area contributed by atoms with Crippen molar-refractivity contribution in [1.29, 1.82) is 0 Å². The average Bonchev–Trinajstić information content (AvgIpc) is 2.70. The van der Waals surface area contributed by atoms with Crippen LogP contribution in [0.15, 0.2) is 30.2 Å². The fraction of sp³-hybridized carbons (Fsp3) is 0.364. The number of carbonyl (C=O) groups excluding carboxylic acids is 1. The van der Waals surface area contributed by atoms with Gasteiger partial charge in [-0.2, -0.15) is 0 Å². The van der Waals surface area contributed by atoms with Gasteiger partial charge >= 0.3 is 0 Å². The lowest BCUT2D eigenvalue weighted by molar-refractivity contribution is -0.130. The van der Waals surface area contributed by atoms with Crippen molar-refractivity contribution < 1.29 is 9.90 Å². The Kier molecular flexibility index (Phi) is 5.07. The Hall–Kier alpha value is -1.13. The molecule has 1 heterocycles. The Labute approximate surface area is 93.7 Å². The molecule has 0 aromatic carbocycles. The molecule has 0 saturated heterocycles. The van der Waals surface area contributed by atoms with Crippen molar-refractivity contribution in [3.63, 3.8) is 0 Å². The Morgan fingerprint density at radius 2 is 2.47 bits per heavy atom. The van der Waals surface area contributed by atoms with Crippen LogP contribution >= 0.6 is 11.3 Å². The molecule has 0 aliphatic rings. The summed E-state index contributed by atoms with van der Waals surface area (Å²) in [7, 11) is 0. The molecule has 1 rings (SSSR count). The van der Waals surface area contributed by atoms with E-state index in [0.29, 0.717) is 19.5 Å². The highest BCUT2D eigenvalue weighted by Crippen LogP contribution is 2.10. The summed E-state index contributed by atoms with van der Waals surface area (Å²) in [5.74, 6) is 0.0337. The summed E-state index contributed by atoms with van der Waals surface area (Å²) >= 11 is 1.57. The van der Waals surface area contributed by atoms with E-state index in [9.17, 15) is 4.79 Å². The molecule has 0 radical (unpaired) electrons. The summed E-state index contributed by atoms with van der Waals surface area (Å²) < 4.78 is 0. The third kappa shape index (κ3) is 3.85. The zero-order chi connectivity index (χ0) is 11.1. The molecule has 0 atom stereocenters. The third-order valence-corrected chi connectivity index (χ3v) is 2.85. The van der Waals surface area contributed by atoms with Crippen molar-refractivity contribution in [1.82, 2.24) is 4.90 Å². The van der Waals surface area contributed by atoms with E-state index >= 15 is 0 Å². The van der Waals surface area contributed by atoms with Gasteiger partial charge in [0.1, 0.15) is 0 Å². The molecule has 0 saturated carbocycles. The monoisotopic (exact) mass is 225 g/mol. The molecule has 4 heteroatoms. The van der Waals surface area contributed by atoms with Crippen molar-refractivity contribution in [2.75, 3.05) is 19.7 Å². The molecular formula is C11H15NO2S. The minimum absolute atomic E-state index is 0.00990. The van der Waals surface area contributed by atoms with Gasteiger partial charge in [-0.15, -0.1) is 17.9 Å². The first-order chi connectivity index (χ1) is 7.27. The van der Waals surface area contributed by atoms with E-state index in [1.54, 1.807) is 22.3 Å². The SMILES string of the molecule is C=CCN(CCO)C(=O)Cc1cccs1. The summed E-state index contributed by atoms with van der Waals surface area (Å²) in [5.41, 5.74) is 0. The van der Waals surface area contributed by atoms with Crippen molar-refractivity contribution in [3.8, 4) is 0 Å². The first-order valence-corrected chi connectivity index (χ1v) is 5.67. The molecule has 0 spiro atoms. The Morgan fingerprint density at radius 1 is 1.67 bits per heavy atom. The molecule has 0 fully saturated rings. The molecule has 0 aliphatic carbocycles. The molecule has 1 aromatic rings. The van der Waals surface area contributed by atoms with Crippen molar-refractivity contribution in [2.24, 2.45) is 0 Å². The lowest BCUT2D eigenvalue weighted by Crippen LogP contribution is -2.34. The number of nitrogens with zero attached hydrogens (tertiary/aromatic N) is 1. The maximum Gasteiger partial charge on any atom is 0.228 e.